The van der Waals surface area contributed by atoms with Gasteiger partial charge in [0.15, 0.2) is 6.10 Å². The van der Waals surface area contributed by atoms with Gasteiger partial charge < -0.3 is 15.0 Å². The van der Waals surface area contributed by atoms with Gasteiger partial charge in [-0.1, -0.05) is 24.3 Å². The molecule has 0 bridgehead atoms. The Balaban J connectivity index is 1.37. The van der Waals surface area contributed by atoms with Crippen LogP contribution in [0.15, 0.2) is 53.0 Å². The summed E-state index contributed by atoms with van der Waals surface area (Å²) in [5.41, 5.74) is 2.42. The first-order chi connectivity index (χ1) is 13.5. The minimum absolute atomic E-state index is 0.0876. The van der Waals surface area contributed by atoms with Crippen LogP contribution in [0.3, 0.4) is 0 Å². The van der Waals surface area contributed by atoms with Crippen LogP contribution >= 0.6 is 15.9 Å². The SMILES string of the molecule is Cc1ccc(OC(C)C(=O)NCCN2CCN(c3ccccc3)CC2)c(Br)c1. The number of anilines is 1. The van der Waals surface area contributed by atoms with Gasteiger partial charge in [-0.15, -0.1) is 0 Å². The quantitative estimate of drug-likeness (QED) is 0.708. The molecule has 150 valence electrons. The molecule has 5 nitrogen and oxygen atoms in total. The summed E-state index contributed by atoms with van der Waals surface area (Å²) in [7, 11) is 0. The average Bonchev–Trinajstić information content (AvgIpc) is 2.71. The van der Waals surface area contributed by atoms with E-state index in [1.54, 1.807) is 6.92 Å². The Labute approximate surface area is 175 Å². The third-order valence-electron chi connectivity index (χ3n) is 4.98. The maximum atomic E-state index is 12.3. The second-order valence-corrected chi connectivity index (χ2v) is 8.00. The number of halogens is 1. The monoisotopic (exact) mass is 445 g/mol. The first kappa shape index (κ1) is 20.7. The number of aryl methyl sites for hydroxylation is 1. The van der Waals surface area contributed by atoms with Crippen LogP contribution in [-0.2, 0) is 4.79 Å². The fraction of sp³-hybridized carbons (Fsp3) is 0.409. The van der Waals surface area contributed by atoms with Crippen LogP contribution in [0, 0.1) is 6.92 Å². The van der Waals surface area contributed by atoms with Crippen LogP contribution in [0.2, 0.25) is 0 Å². The standard InChI is InChI=1S/C22H28BrN3O2/c1-17-8-9-21(20(23)16-17)28-18(2)22(27)24-10-11-25-12-14-26(15-13-25)19-6-4-3-5-7-19/h3-9,16,18H,10-15H2,1-2H3,(H,24,27). The van der Waals surface area contributed by atoms with Crippen molar-refractivity contribution in [3.05, 3.63) is 58.6 Å². The summed E-state index contributed by atoms with van der Waals surface area (Å²) >= 11 is 3.48. The number of amides is 1. The zero-order valence-corrected chi connectivity index (χ0v) is 18.1. The normalized spacial score (nSPS) is 15.9. The van der Waals surface area contributed by atoms with Crippen molar-refractivity contribution in [3.63, 3.8) is 0 Å². The fourth-order valence-corrected chi connectivity index (χ4v) is 3.88. The van der Waals surface area contributed by atoms with Crippen molar-refractivity contribution >= 4 is 27.5 Å². The van der Waals surface area contributed by atoms with E-state index in [0.717, 1.165) is 42.8 Å². The number of para-hydroxylation sites is 1. The van der Waals surface area contributed by atoms with Crippen molar-refractivity contribution in [2.24, 2.45) is 0 Å². The minimum atomic E-state index is -0.533. The Morgan fingerprint density at radius 2 is 1.86 bits per heavy atom. The number of carbonyl (C=O) groups is 1. The first-order valence-corrected chi connectivity index (χ1v) is 10.5. The fourth-order valence-electron chi connectivity index (χ4n) is 3.29. The number of hydrogen-bond acceptors (Lipinski definition) is 4. The number of rotatable bonds is 7. The molecule has 1 atom stereocenters. The smallest absolute Gasteiger partial charge is 0.260 e. The van der Waals surface area contributed by atoms with Gasteiger partial charge in [-0.2, -0.15) is 0 Å². The zero-order valence-electron chi connectivity index (χ0n) is 16.5. The molecule has 1 aliphatic rings. The molecule has 0 radical (unpaired) electrons. The van der Waals surface area contributed by atoms with E-state index in [2.05, 4.69) is 55.3 Å². The molecular formula is C22H28BrN3O2. The number of hydrogen-bond donors (Lipinski definition) is 1. The summed E-state index contributed by atoms with van der Waals surface area (Å²) in [5.74, 6) is 0.598. The van der Waals surface area contributed by atoms with Gasteiger partial charge >= 0.3 is 0 Å². The molecule has 1 saturated heterocycles. The molecule has 1 N–H and O–H groups in total. The van der Waals surface area contributed by atoms with Crippen molar-refractivity contribution in [3.8, 4) is 5.75 Å². The Morgan fingerprint density at radius 1 is 1.14 bits per heavy atom. The summed E-state index contributed by atoms with van der Waals surface area (Å²) in [6, 6.07) is 16.4. The summed E-state index contributed by atoms with van der Waals surface area (Å²) in [6.45, 7) is 9.32. The van der Waals surface area contributed by atoms with Crippen LogP contribution < -0.4 is 15.0 Å². The van der Waals surface area contributed by atoms with E-state index in [-0.39, 0.29) is 5.91 Å². The van der Waals surface area contributed by atoms with Gasteiger partial charge in [0, 0.05) is 45.0 Å². The molecule has 1 amide bonds. The Bertz CT molecular complexity index is 777. The van der Waals surface area contributed by atoms with Gasteiger partial charge in [0.25, 0.3) is 5.91 Å². The molecule has 1 heterocycles. The number of ether oxygens (including phenoxy) is 1. The number of benzene rings is 2. The highest BCUT2D eigenvalue weighted by molar-refractivity contribution is 9.10. The Kier molecular flexibility index (Phi) is 7.34. The predicted molar refractivity (Wildman–Crippen MR) is 117 cm³/mol. The molecule has 2 aromatic carbocycles. The van der Waals surface area contributed by atoms with Crippen LogP contribution in [-0.4, -0.2) is 56.2 Å². The second kappa shape index (κ2) is 9.94. The van der Waals surface area contributed by atoms with Crippen LogP contribution in [0.4, 0.5) is 5.69 Å². The predicted octanol–water partition coefficient (Wildman–Crippen LogP) is 3.46. The minimum Gasteiger partial charge on any atom is -0.480 e. The third kappa shape index (κ3) is 5.72. The molecule has 1 aliphatic heterocycles. The molecule has 3 rings (SSSR count). The Hall–Kier alpha value is -2.05. The van der Waals surface area contributed by atoms with Crippen molar-refractivity contribution in [1.82, 2.24) is 10.2 Å². The van der Waals surface area contributed by atoms with Crippen molar-refractivity contribution in [2.75, 3.05) is 44.2 Å². The lowest BCUT2D eigenvalue weighted by Crippen LogP contribution is -2.49. The highest BCUT2D eigenvalue weighted by atomic mass is 79.9. The molecule has 0 spiro atoms. The van der Waals surface area contributed by atoms with E-state index in [1.165, 1.54) is 5.69 Å². The topological polar surface area (TPSA) is 44.8 Å². The molecule has 2 aromatic rings. The summed E-state index contributed by atoms with van der Waals surface area (Å²) in [6.07, 6.45) is -0.533. The van der Waals surface area contributed by atoms with Gasteiger partial charge in [-0.25, -0.2) is 0 Å². The zero-order chi connectivity index (χ0) is 19.9. The van der Waals surface area contributed by atoms with Gasteiger partial charge in [0.2, 0.25) is 0 Å². The number of carbonyl (C=O) groups excluding carboxylic acids is 1. The number of nitrogens with one attached hydrogen (secondary N) is 1. The molecule has 28 heavy (non-hydrogen) atoms. The highest BCUT2D eigenvalue weighted by Crippen LogP contribution is 2.26. The number of piperazine rings is 1. The lowest BCUT2D eigenvalue weighted by atomic mass is 10.2. The van der Waals surface area contributed by atoms with Gasteiger partial charge in [0.05, 0.1) is 4.47 Å². The van der Waals surface area contributed by atoms with Gasteiger partial charge in [0.1, 0.15) is 5.75 Å². The van der Waals surface area contributed by atoms with E-state index in [0.29, 0.717) is 12.3 Å². The van der Waals surface area contributed by atoms with Crippen molar-refractivity contribution in [2.45, 2.75) is 20.0 Å². The average molecular weight is 446 g/mol. The van der Waals surface area contributed by atoms with E-state index in [9.17, 15) is 4.79 Å². The molecule has 1 unspecified atom stereocenters. The molecule has 0 aromatic heterocycles. The summed E-state index contributed by atoms with van der Waals surface area (Å²) < 4.78 is 6.65. The molecule has 6 heteroatoms. The van der Waals surface area contributed by atoms with E-state index in [4.69, 9.17) is 4.74 Å². The Morgan fingerprint density at radius 3 is 2.54 bits per heavy atom. The van der Waals surface area contributed by atoms with E-state index >= 15 is 0 Å². The molecule has 0 saturated carbocycles. The molecule has 0 aliphatic carbocycles. The number of nitrogens with zero attached hydrogens (tertiary/aromatic N) is 2. The maximum absolute atomic E-state index is 12.3. The highest BCUT2D eigenvalue weighted by Gasteiger charge is 2.19. The lowest BCUT2D eigenvalue weighted by Gasteiger charge is -2.36. The largest absolute Gasteiger partial charge is 0.480 e. The molecule has 1 fully saturated rings. The van der Waals surface area contributed by atoms with E-state index < -0.39 is 6.10 Å². The van der Waals surface area contributed by atoms with Crippen LogP contribution in [0.5, 0.6) is 5.75 Å². The molecular weight excluding hydrogens is 418 g/mol. The van der Waals surface area contributed by atoms with Gasteiger partial charge in [-0.3, -0.25) is 9.69 Å². The van der Waals surface area contributed by atoms with Crippen LogP contribution in [0.25, 0.3) is 0 Å². The van der Waals surface area contributed by atoms with Crippen molar-refractivity contribution in [1.29, 1.82) is 0 Å². The van der Waals surface area contributed by atoms with Crippen LogP contribution in [0.1, 0.15) is 12.5 Å². The summed E-state index contributed by atoms with van der Waals surface area (Å²) in [5, 5.41) is 2.99. The maximum Gasteiger partial charge on any atom is 0.260 e. The summed E-state index contributed by atoms with van der Waals surface area (Å²) in [4.78, 5) is 17.1. The second-order valence-electron chi connectivity index (χ2n) is 7.15. The van der Waals surface area contributed by atoms with Crippen molar-refractivity contribution < 1.29 is 9.53 Å². The van der Waals surface area contributed by atoms with E-state index in [1.807, 2.05) is 31.2 Å². The first-order valence-electron chi connectivity index (χ1n) is 9.76. The lowest BCUT2D eigenvalue weighted by molar-refractivity contribution is -0.127. The van der Waals surface area contributed by atoms with Gasteiger partial charge in [-0.05, 0) is 59.6 Å². The third-order valence-corrected chi connectivity index (χ3v) is 5.60.